The molecule has 0 aliphatic heterocycles. The van der Waals surface area contributed by atoms with E-state index < -0.39 is 60.4 Å². The van der Waals surface area contributed by atoms with E-state index in [0.29, 0.717) is 11.1 Å². The second-order valence-electron chi connectivity index (χ2n) is 11.3. The third-order valence-electron chi connectivity index (χ3n) is 8.38. The molecule has 0 saturated heterocycles. The molecular formula is C45H27N3S2. The second-order valence-corrected chi connectivity index (χ2v) is 13.4. The molecule has 5 heteroatoms. The van der Waals surface area contributed by atoms with Crippen LogP contribution >= 0.6 is 22.7 Å². The summed E-state index contributed by atoms with van der Waals surface area (Å²) in [6.07, 6.45) is 0. The lowest BCUT2D eigenvalue weighted by Gasteiger charge is -2.13. The van der Waals surface area contributed by atoms with E-state index in [1.54, 1.807) is 12.1 Å². The summed E-state index contributed by atoms with van der Waals surface area (Å²) in [4.78, 5) is 14.5. The lowest BCUT2D eigenvalue weighted by molar-refractivity contribution is 1.08. The highest BCUT2D eigenvalue weighted by Gasteiger charge is 2.19. The molecule has 0 spiro atoms. The van der Waals surface area contributed by atoms with Gasteiger partial charge in [-0.05, 0) is 58.5 Å². The first-order valence-electron chi connectivity index (χ1n) is 22.5. The average Bonchev–Trinajstić information content (AvgIpc) is 3.92. The Morgan fingerprint density at radius 3 is 1.76 bits per heavy atom. The summed E-state index contributed by atoms with van der Waals surface area (Å²) in [5, 5.41) is 0.0229. The molecule has 0 aliphatic rings. The number of hydrogen-bond donors (Lipinski definition) is 0. The number of benzene rings is 7. The van der Waals surface area contributed by atoms with Gasteiger partial charge in [0.25, 0.3) is 0 Å². The molecule has 50 heavy (non-hydrogen) atoms. The zero-order valence-electron chi connectivity index (χ0n) is 39.7. The van der Waals surface area contributed by atoms with E-state index in [9.17, 15) is 4.11 Å². The van der Waals surface area contributed by atoms with Gasteiger partial charge < -0.3 is 0 Å². The predicted molar refractivity (Wildman–Crippen MR) is 213 cm³/mol. The van der Waals surface area contributed by atoms with Gasteiger partial charge in [0.1, 0.15) is 0 Å². The van der Waals surface area contributed by atoms with Crippen molar-refractivity contribution in [2.24, 2.45) is 0 Å². The van der Waals surface area contributed by atoms with Gasteiger partial charge in [0.05, 0.1) is 19.2 Å². The fraction of sp³-hybridized carbons (Fsp3) is 0. The van der Waals surface area contributed by atoms with Gasteiger partial charge in [-0.3, -0.25) is 0 Å². The van der Waals surface area contributed by atoms with Crippen LogP contribution in [0, 0.1) is 0 Å². The minimum atomic E-state index is -0.562. The van der Waals surface area contributed by atoms with Gasteiger partial charge in [-0.2, -0.15) is 0 Å². The molecule has 0 atom stereocenters. The first kappa shape index (κ1) is 18.1. The van der Waals surface area contributed by atoms with Crippen LogP contribution in [0.5, 0.6) is 0 Å². The van der Waals surface area contributed by atoms with E-state index in [0.717, 1.165) is 39.4 Å². The number of rotatable bonds is 5. The molecule has 0 bridgehead atoms. The fourth-order valence-corrected chi connectivity index (χ4v) is 8.00. The van der Waals surface area contributed by atoms with Crippen molar-refractivity contribution in [1.29, 1.82) is 0 Å². The van der Waals surface area contributed by atoms with E-state index in [2.05, 4.69) is 0 Å². The molecule has 0 N–H and O–H groups in total. The quantitative estimate of drug-likeness (QED) is 0.181. The van der Waals surface area contributed by atoms with Crippen LogP contribution in [0.4, 0.5) is 0 Å². The molecule has 0 aliphatic carbocycles. The van der Waals surface area contributed by atoms with Crippen molar-refractivity contribution in [3.63, 3.8) is 0 Å². The maximum atomic E-state index is 9.60. The molecule has 0 amide bonds. The van der Waals surface area contributed by atoms with Crippen LogP contribution in [0.25, 0.3) is 96.8 Å². The second kappa shape index (κ2) is 11.8. The van der Waals surface area contributed by atoms with E-state index >= 15 is 0 Å². The molecule has 0 radical (unpaired) electrons. The topological polar surface area (TPSA) is 38.7 Å². The van der Waals surface area contributed by atoms with Crippen molar-refractivity contribution in [3.05, 3.63) is 163 Å². The molecule has 3 nitrogen and oxygen atoms in total. The van der Waals surface area contributed by atoms with Crippen LogP contribution in [0.3, 0.4) is 0 Å². The maximum absolute atomic E-state index is 9.60. The smallest absolute Gasteiger partial charge is 0.165 e. The van der Waals surface area contributed by atoms with Crippen molar-refractivity contribution in [1.82, 2.24) is 15.0 Å². The Morgan fingerprint density at radius 2 is 0.960 bits per heavy atom. The third-order valence-corrected chi connectivity index (χ3v) is 10.5. The summed E-state index contributed by atoms with van der Waals surface area (Å²) < 4.78 is 124. The number of nitrogens with zero attached hydrogens (tertiary/aromatic N) is 3. The first-order chi connectivity index (χ1) is 30.6. The zero-order chi connectivity index (χ0) is 45.2. The Kier molecular flexibility index (Phi) is 4.29. The van der Waals surface area contributed by atoms with Gasteiger partial charge in [-0.1, -0.05) is 127 Å². The van der Waals surface area contributed by atoms with Gasteiger partial charge in [0, 0.05) is 57.0 Å². The summed E-state index contributed by atoms with van der Waals surface area (Å²) >= 11 is 1.78. The Bertz CT molecular complexity index is 3670. The molecule has 234 valence electrons. The fourth-order valence-electron chi connectivity index (χ4n) is 6.02. The summed E-state index contributed by atoms with van der Waals surface area (Å²) in [5.74, 6) is -0.522. The zero-order valence-corrected chi connectivity index (χ0v) is 27.3. The number of thiophene rings is 2. The van der Waals surface area contributed by atoms with Crippen LogP contribution in [0.15, 0.2) is 163 Å². The van der Waals surface area contributed by atoms with Gasteiger partial charge in [0.2, 0.25) is 0 Å². The number of hydrogen-bond acceptors (Lipinski definition) is 5. The van der Waals surface area contributed by atoms with Crippen molar-refractivity contribution in [3.8, 4) is 56.4 Å². The van der Waals surface area contributed by atoms with E-state index in [-0.39, 0.29) is 93.1 Å². The molecular weight excluding hydrogens is 647 g/mol. The number of aromatic nitrogens is 3. The largest absolute Gasteiger partial charge is 0.208 e. The standard InChI is InChI=1S/C45H27N3S2/c1-2-11-28(12-3-1)29-21-23-30(24-22-29)32-13-4-5-16-36(32)44-46-43(31-25-26-41-38(27-31)34-15-7-8-19-39(34)49-41)47-45(48-44)37-18-10-17-35-33-14-6-9-20-40(33)50-42(35)37/h1-27H/i6D,7D,8D,9D,10D,14D,15D,17D,18D,19D,20D,25D,26D,27D. The van der Waals surface area contributed by atoms with Crippen molar-refractivity contribution >= 4 is 63.0 Å². The Labute approximate surface area is 316 Å². The van der Waals surface area contributed by atoms with Crippen molar-refractivity contribution < 1.29 is 19.2 Å². The first-order valence-corrected chi connectivity index (χ1v) is 17.1. The molecule has 10 rings (SSSR count). The third kappa shape index (κ3) is 4.90. The van der Waals surface area contributed by atoms with Crippen LogP contribution in [0.2, 0.25) is 0 Å². The van der Waals surface area contributed by atoms with Crippen LogP contribution in [-0.4, -0.2) is 15.0 Å². The van der Waals surface area contributed by atoms with Crippen LogP contribution < -0.4 is 0 Å². The van der Waals surface area contributed by atoms with Crippen LogP contribution in [0.1, 0.15) is 19.2 Å². The van der Waals surface area contributed by atoms with E-state index in [4.69, 9.17) is 30.0 Å². The molecule has 0 saturated carbocycles. The highest BCUT2D eigenvalue weighted by atomic mass is 32.1. The van der Waals surface area contributed by atoms with E-state index in [1.165, 1.54) is 0 Å². The summed E-state index contributed by atoms with van der Waals surface area (Å²) in [7, 11) is 0. The summed E-state index contributed by atoms with van der Waals surface area (Å²) in [6.45, 7) is 0. The molecule has 3 aromatic heterocycles. The van der Waals surface area contributed by atoms with Gasteiger partial charge in [-0.25, -0.2) is 15.0 Å². The molecule has 10 aromatic rings. The van der Waals surface area contributed by atoms with Crippen LogP contribution in [-0.2, 0) is 0 Å². The lowest BCUT2D eigenvalue weighted by atomic mass is 9.96. The van der Waals surface area contributed by atoms with Gasteiger partial charge in [0.15, 0.2) is 17.5 Å². The average molecular weight is 688 g/mol. The molecule has 7 aromatic carbocycles. The maximum Gasteiger partial charge on any atom is 0.165 e. The van der Waals surface area contributed by atoms with E-state index in [1.807, 2.05) is 66.7 Å². The van der Waals surface area contributed by atoms with Crippen molar-refractivity contribution in [2.45, 2.75) is 0 Å². The highest BCUT2D eigenvalue weighted by molar-refractivity contribution is 7.26. The summed E-state index contributed by atoms with van der Waals surface area (Å²) in [5.41, 5.74) is 3.55. The lowest BCUT2D eigenvalue weighted by Crippen LogP contribution is -2.01. The minimum Gasteiger partial charge on any atom is -0.208 e. The molecule has 0 fully saturated rings. The normalized spacial score (nSPS) is 15.5. The molecule has 0 unspecified atom stereocenters. The SMILES string of the molecule is [2H]c1c([2H])c([2H])c2c(sc3c([2H])c([2H])c(-c4nc(-c5ccccc5-c5ccc(-c6ccccc6)cc5)nc(-c5c([2H])c([2H])c([2H])c6c5sc5c([2H])c([2H])c([2H])c([2H])c56)n4)c([2H])c32)c1[2H]. The number of fused-ring (bicyclic) bond motifs is 6. The highest BCUT2D eigenvalue weighted by Crippen LogP contribution is 2.41. The Hall–Kier alpha value is -6.01. The van der Waals surface area contributed by atoms with Gasteiger partial charge >= 0.3 is 0 Å². The van der Waals surface area contributed by atoms with Gasteiger partial charge in [-0.15, -0.1) is 22.7 Å². The Morgan fingerprint density at radius 1 is 0.380 bits per heavy atom. The van der Waals surface area contributed by atoms with Crippen molar-refractivity contribution in [2.75, 3.05) is 0 Å². The predicted octanol–water partition coefficient (Wildman–Crippen LogP) is 12.9. The minimum absolute atomic E-state index is 0.00141. The molecule has 3 heterocycles. The summed E-state index contributed by atoms with van der Waals surface area (Å²) in [6, 6.07) is 18.6. The Balaban J connectivity index is 1.31. The monoisotopic (exact) mass is 687 g/mol.